The van der Waals surface area contributed by atoms with Gasteiger partial charge in [-0.3, -0.25) is 0 Å². The van der Waals surface area contributed by atoms with Crippen LogP contribution in [0.15, 0.2) is 22.8 Å². The number of aromatic nitrogens is 1. The molecule has 16 heavy (non-hydrogen) atoms. The van der Waals surface area contributed by atoms with Gasteiger partial charge in [-0.15, -0.1) is 0 Å². The zero-order valence-electron chi connectivity index (χ0n) is 8.72. The van der Waals surface area contributed by atoms with Crippen LogP contribution in [-0.2, 0) is 0 Å². The maximum absolute atomic E-state index is 13.7. The van der Waals surface area contributed by atoms with Crippen LogP contribution in [0.4, 0.5) is 15.9 Å². The molecule has 1 aromatic heterocycles. The average Bonchev–Trinajstić information content (AvgIpc) is 2.26. The number of anilines is 2. The van der Waals surface area contributed by atoms with Gasteiger partial charge in [0.05, 0.1) is 5.39 Å². The van der Waals surface area contributed by atoms with E-state index in [0.717, 1.165) is 0 Å². The lowest BCUT2D eigenvalue weighted by molar-refractivity contribution is 0.639. The summed E-state index contributed by atoms with van der Waals surface area (Å²) in [7, 11) is 0. The summed E-state index contributed by atoms with van der Waals surface area (Å²) in [6.07, 6.45) is 1.57. The number of nitrogens with one attached hydrogen (secondary N) is 1. The lowest BCUT2D eigenvalue weighted by Gasteiger charge is -2.11. The molecule has 2 aromatic rings. The van der Waals surface area contributed by atoms with Gasteiger partial charge >= 0.3 is 0 Å². The third-order valence-electron chi connectivity index (χ3n) is 2.31. The predicted octanol–water partition coefficient (Wildman–Crippen LogP) is 3.15. The normalized spacial score (nSPS) is 10.7. The predicted molar refractivity (Wildman–Crippen MR) is 68.0 cm³/mol. The van der Waals surface area contributed by atoms with Crippen molar-refractivity contribution in [2.75, 3.05) is 17.6 Å². The van der Waals surface area contributed by atoms with Gasteiger partial charge in [-0.1, -0.05) is 0 Å². The number of benzene rings is 1. The highest BCUT2D eigenvalue weighted by molar-refractivity contribution is 9.10. The Balaban J connectivity index is 2.86. The lowest BCUT2D eigenvalue weighted by Crippen LogP contribution is -2.02. The number of nitrogens with two attached hydrogens (primary N) is 1. The highest BCUT2D eigenvalue weighted by atomic mass is 79.9. The van der Waals surface area contributed by atoms with Crippen molar-refractivity contribution >= 4 is 38.2 Å². The zero-order chi connectivity index (χ0) is 11.7. The van der Waals surface area contributed by atoms with Crippen LogP contribution in [0.3, 0.4) is 0 Å². The van der Waals surface area contributed by atoms with Gasteiger partial charge in [-0.2, -0.15) is 0 Å². The van der Waals surface area contributed by atoms with Crippen molar-refractivity contribution in [3.8, 4) is 0 Å². The molecule has 1 aromatic carbocycles. The molecule has 0 atom stereocenters. The lowest BCUT2D eigenvalue weighted by atomic mass is 10.1. The average molecular weight is 284 g/mol. The molecule has 5 heteroatoms. The molecule has 0 unspecified atom stereocenters. The van der Waals surface area contributed by atoms with Crippen LogP contribution >= 0.6 is 15.9 Å². The molecule has 0 saturated heterocycles. The van der Waals surface area contributed by atoms with Gasteiger partial charge in [0, 0.05) is 28.3 Å². The van der Waals surface area contributed by atoms with E-state index in [1.165, 1.54) is 6.07 Å². The van der Waals surface area contributed by atoms with Crippen molar-refractivity contribution in [2.45, 2.75) is 6.92 Å². The van der Waals surface area contributed by atoms with Crippen LogP contribution in [0, 0.1) is 5.82 Å². The summed E-state index contributed by atoms with van der Waals surface area (Å²) in [5.74, 6) is 0.301. The fourth-order valence-corrected chi connectivity index (χ4v) is 2.12. The van der Waals surface area contributed by atoms with Gasteiger partial charge in [0.15, 0.2) is 0 Å². The molecule has 0 aliphatic rings. The van der Waals surface area contributed by atoms with Crippen molar-refractivity contribution in [2.24, 2.45) is 0 Å². The van der Waals surface area contributed by atoms with Crippen LogP contribution in [0.25, 0.3) is 10.8 Å². The Bertz CT molecular complexity index is 534. The molecule has 0 aliphatic carbocycles. The Kier molecular flexibility index (Phi) is 2.96. The number of nitrogens with zero attached hydrogens (tertiary/aromatic N) is 1. The summed E-state index contributed by atoms with van der Waals surface area (Å²) >= 11 is 3.28. The Morgan fingerprint density at radius 3 is 2.88 bits per heavy atom. The SMILES string of the molecule is CCNc1ncc(Br)c2c(F)ccc(N)c12. The molecule has 0 spiro atoms. The Labute approximate surface area is 101 Å². The molecular formula is C11H11BrFN3. The molecule has 3 N–H and O–H groups in total. The summed E-state index contributed by atoms with van der Waals surface area (Å²) in [6, 6.07) is 2.91. The van der Waals surface area contributed by atoms with E-state index in [-0.39, 0.29) is 5.82 Å². The van der Waals surface area contributed by atoms with E-state index in [4.69, 9.17) is 5.73 Å². The number of nitrogen functional groups attached to an aromatic ring is 1. The molecule has 84 valence electrons. The van der Waals surface area contributed by atoms with Gasteiger partial charge < -0.3 is 11.1 Å². The summed E-state index contributed by atoms with van der Waals surface area (Å²) in [5.41, 5.74) is 6.37. The van der Waals surface area contributed by atoms with Crippen LogP contribution < -0.4 is 11.1 Å². The molecule has 0 fully saturated rings. The molecule has 1 heterocycles. The van der Waals surface area contributed by atoms with E-state index in [1.807, 2.05) is 6.92 Å². The first-order valence-electron chi connectivity index (χ1n) is 4.91. The van der Waals surface area contributed by atoms with E-state index < -0.39 is 0 Å². The van der Waals surface area contributed by atoms with E-state index in [9.17, 15) is 4.39 Å². The van der Waals surface area contributed by atoms with Crippen molar-refractivity contribution < 1.29 is 4.39 Å². The second-order valence-corrected chi connectivity index (χ2v) is 4.23. The number of hydrogen-bond acceptors (Lipinski definition) is 3. The smallest absolute Gasteiger partial charge is 0.136 e. The molecular weight excluding hydrogens is 273 g/mol. The molecule has 3 nitrogen and oxygen atoms in total. The highest BCUT2D eigenvalue weighted by Crippen LogP contribution is 2.34. The summed E-state index contributed by atoms with van der Waals surface area (Å²) < 4.78 is 14.3. The highest BCUT2D eigenvalue weighted by Gasteiger charge is 2.12. The quantitative estimate of drug-likeness (QED) is 0.833. The fourth-order valence-electron chi connectivity index (χ4n) is 1.63. The number of rotatable bonds is 2. The van der Waals surface area contributed by atoms with Crippen LogP contribution in [-0.4, -0.2) is 11.5 Å². The maximum atomic E-state index is 13.7. The standard InChI is InChI=1S/C11H11BrFN3/c1-2-15-11-10-8(14)4-3-7(13)9(10)6(12)5-16-11/h3-5H,2,14H2,1H3,(H,15,16). The van der Waals surface area contributed by atoms with Gasteiger partial charge in [0.1, 0.15) is 11.6 Å². The van der Waals surface area contributed by atoms with E-state index in [0.29, 0.717) is 33.3 Å². The monoisotopic (exact) mass is 283 g/mol. The second-order valence-electron chi connectivity index (χ2n) is 3.37. The Morgan fingerprint density at radius 2 is 2.19 bits per heavy atom. The van der Waals surface area contributed by atoms with Gasteiger partial charge in [0.2, 0.25) is 0 Å². The third-order valence-corrected chi connectivity index (χ3v) is 2.91. The number of fused-ring (bicyclic) bond motifs is 1. The molecule has 0 bridgehead atoms. The number of pyridine rings is 1. The fraction of sp³-hybridized carbons (Fsp3) is 0.182. The minimum Gasteiger partial charge on any atom is -0.398 e. The van der Waals surface area contributed by atoms with Crippen LogP contribution in [0.5, 0.6) is 0 Å². The first kappa shape index (κ1) is 11.1. The van der Waals surface area contributed by atoms with Gasteiger partial charge in [-0.05, 0) is 35.0 Å². The summed E-state index contributed by atoms with van der Waals surface area (Å²) in [5, 5.41) is 4.15. The van der Waals surface area contributed by atoms with Crippen LogP contribution in [0.2, 0.25) is 0 Å². The van der Waals surface area contributed by atoms with Gasteiger partial charge in [-0.25, -0.2) is 9.37 Å². The Hall–Kier alpha value is -1.36. The Morgan fingerprint density at radius 1 is 1.44 bits per heavy atom. The molecule has 0 amide bonds. The number of halogens is 2. The molecule has 0 aliphatic heterocycles. The first-order chi connectivity index (χ1) is 7.65. The second kappa shape index (κ2) is 4.25. The van der Waals surface area contributed by atoms with Crippen LogP contribution in [0.1, 0.15) is 6.92 Å². The van der Waals surface area contributed by atoms with Crippen molar-refractivity contribution in [3.05, 3.63) is 28.6 Å². The maximum Gasteiger partial charge on any atom is 0.136 e. The minimum atomic E-state index is -0.308. The zero-order valence-corrected chi connectivity index (χ0v) is 10.3. The van der Waals surface area contributed by atoms with Crippen molar-refractivity contribution in [1.82, 2.24) is 4.98 Å². The van der Waals surface area contributed by atoms with Crippen molar-refractivity contribution in [3.63, 3.8) is 0 Å². The molecule has 0 radical (unpaired) electrons. The van der Waals surface area contributed by atoms with Gasteiger partial charge in [0.25, 0.3) is 0 Å². The summed E-state index contributed by atoms with van der Waals surface area (Å²) in [4.78, 5) is 4.19. The first-order valence-corrected chi connectivity index (χ1v) is 5.70. The van der Waals surface area contributed by atoms with E-state index >= 15 is 0 Å². The van der Waals surface area contributed by atoms with E-state index in [2.05, 4.69) is 26.2 Å². The topological polar surface area (TPSA) is 50.9 Å². The molecule has 0 saturated carbocycles. The van der Waals surface area contributed by atoms with Crippen molar-refractivity contribution in [1.29, 1.82) is 0 Å². The largest absolute Gasteiger partial charge is 0.398 e. The molecule has 2 rings (SSSR count). The third kappa shape index (κ3) is 1.71. The summed E-state index contributed by atoms with van der Waals surface area (Å²) in [6.45, 7) is 2.66. The minimum absolute atomic E-state index is 0.308. The van der Waals surface area contributed by atoms with E-state index in [1.54, 1.807) is 12.3 Å². The number of hydrogen-bond donors (Lipinski definition) is 2.